The van der Waals surface area contributed by atoms with E-state index in [0.717, 1.165) is 32.5 Å². The van der Waals surface area contributed by atoms with Crippen LogP contribution in [-0.4, -0.2) is 36.7 Å². The fourth-order valence-electron chi connectivity index (χ4n) is 2.86. The van der Waals surface area contributed by atoms with Crippen LogP contribution in [-0.2, 0) is 4.74 Å². The molecule has 19 heavy (non-hydrogen) atoms. The molecule has 3 fully saturated rings. The Hall–Kier alpha value is -1.62. The Kier molecular flexibility index (Phi) is 3.38. The van der Waals surface area contributed by atoms with Gasteiger partial charge in [0.1, 0.15) is 11.9 Å². The highest BCUT2D eigenvalue weighted by Crippen LogP contribution is 2.29. The largest absolute Gasteiger partial charge is 0.444 e. The van der Waals surface area contributed by atoms with Crippen molar-refractivity contribution in [2.24, 2.45) is 5.92 Å². The summed E-state index contributed by atoms with van der Waals surface area (Å²) in [6, 6.07) is 5.66. The van der Waals surface area contributed by atoms with Crippen molar-refractivity contribution in [1.29, 1.82) is 0 Å². The molecule has 4 rings (SSSR count). The monoisotopic (exact) mass is 264 g/mol. The number of halogens is 1. The van der Waals surface area contributed by atoms with E-state index in [1.807, 2.05) is 0 Å². The summed E-state index contributed by atoms with van der Waals surface area (Å²) in [7, 11) is 0. The van der Waals surface area contributed by atoms with E-state index in [1.54, 1.807) is 0 Å². The van der Waals surface area contributed by atoms with Gasteiger partial charge in [-0.15, -0.1) is 0 Å². The molecule has 1 aromatic carbocycles. The molecule has 0 radical (unpaired) electrons. The molecule has 0 aliphatic carbocycles. The number of hydrogen-bond donors (Lipinski definition) is 1. The van der Waals surface area contributed by atoms with Gasteiger partial charge in [-0.1, -0.05) is 0 Å². The zero-order valence-corrected chi connectivity index (χ0v) is 10.6. The van der Waals surface area contributed by atoms with E-state index in [2.05, 4.69) is 10.2 Å². The van der Waals surface area contributed by atoms with Crippen LogP contribution in [0.3, 0.4) is 0 Å². The molecule has 4 nitrogen and oxygen atoms in total. The van der Waals surface area contributed by atoms with Gasteiger partial charge < -0.3 is 4.74 Å². The molecule has 5 heteroatoms. The maximum atomic E-state index is 12.7. The molecule has 3 aliphatic rings. The maximum absolute atomic E-state index is 12.7. The van der Waals surface area contributed by atoms with Crippen molar-refractivity contribution in [3.63, 3.8) is 0 Å². The highest BCUT2D eigenvalue weighted by Gasteiger charge is 2.36. The predicted molar refractivity (Wildman–Crippen MR) is 69.5 cm³/mol. The van der Waals surface area contributed by atoms with E-state index >= 15 is 0 Å². The van der Waals surface area contributed by atoms with Crippen LogP contribution in [0.5, 0.6) is 0 Å². The molecular weight excluding hydrogens is 247 g/mol. The van der Waals surface area contributed by atoms with E-state index in [-0.39, 0.29) is 11.9 Å². The zero-order valence-electron chi connectivity index (χ0n) is 10.6. The number of benzene rings is 1. The lowest BCUT2D eigenvalue weighted by Gasteiger charge is -2.43. The highest BCUT2D eigenvalue weighted by molar-refractivity contribution is 5.84. The zero-order chi connectivity index (χ0) is 13.2. The topological polar surface area (TPSA) is 41.6 Å². The van der Waals surface area contributed by atoms with Gasteiger partial charge in [0.05, 0.1) is 0 Å². The second-order valence-corrected chi connectivity index (χ2v) is 5.21. The Labute approximate surface area is 111 Å². The van der Waals surface area contributed by atoms with Crippen LogP contribution in [0.15, 0.2) is 24.3 Å². The van der Waals surface area contributed by atoms with Crippen molar-refractivity contribution in [1.82, 2.24) is 4.90 Å². The van der Waals surface area contributed by atoms with Gasteiger partial charge in [0.15, 0.2) is 0 Å². The smallest absolute Gasteiger partial charge is 0.411 e. The maximum Gasteiger partial charge on any atom is 0.411 e. The summed E-state index contributed by atoms with van der Waals surface area (Å²) in [5, 5.41) is 2.63. The molecule has 0 spiro atoms. The van der Waals surface area contributed by atoms with Crippen molar-refractivity contribution >= 4 is 11.8 Å². The third-order valence-electron chi connectivity index (χ3n) is 3.95. The van der Waals surface area contributed by atoms with Crippen molar-refractivity contribution in [3.05, 3.63) is 30.1 Å². The van der Waals surface area contributed by atoms with Crippen LogP contribution in [0.25, 0.3) is 0 Å². The number of rotatable bonds is 2. The van der Waals surface area contributed by atoms with E-state index in [9.17, 15) is 9.18 Å². The molecule has 102 valence electrons. The van der Waals surface area contributed by atoms with Gasteiger partial charge in [-0.05, 0) is 56.1 Å². The Morgan fingerprint density at radius 2 is 1.95 bits per heavy atom. The Morgan fingerprint density at radius 3 is 2.53 bits per heavy atom. The number of carbonyl (C=O) groups is 1. The lowest BCUT2D eigenvalue weighted by atomic mass is 9.86. The van der Waals surface area contributed by atoms with Gasteiger partial charge in [0.25, 0.3) is 0 Å². The summed E-state index contributed by atoms with van der Waals surface area (Å²) < 4.78 is 18.2. The molecular formula is C14H17FN2O2. The summed E-state index contributed by atoms with van der Waals surface area (Å²) in [6.07, 6.45) is 1.75. The fraction of sp³-hybridized carbons (Fsp3) is 0.500. The number of anilines is 1. The average Bonchev–Trinajstić information content (AvgIpc) is 2.43. The predicted octanol–water partition coefficient (Wildman–Crippen LogP) is 2.47. The second kappa shape index (κ2) is 5.17. The number of fused-ring (bicyclic) bond motifs is 3. The summed E-state index contributed by atoms with van der Waals surface area (Å²) in [4.78, 5) is 14.1. The van der Waals surface area contributed by atoms with Crippen LogP contribution < -0.4 is 5.32 Å². The first-order chi connectivity index (χ1) is 9.20. The summed E-state index contributed by atoms with van der Waals surface area (Å²) in [5.74, 6) is 0.167. The van der Waals surface area contributed by atoms with Crippen LogP contribution in [0.2, 0.25) is 0 Å². The third kappa shape index (κ3) is 2.87. The highest BCUT2D eigenvalue weighted by atomic mass is 19.1. The standard InChI is InChI=1S/C14H17FN2O2/c15-11-1-3-12(4-2-11)16-14(18)19-13-9-17-7-5-10(13)6-8-17/h1-4,10,13H,5-9H2,(H,16,18)/t13-/m0/s1. The normalized spacial score (nSPS) is 29.0. The van der Waals surface area contributed by atoms with Gasteiger partial charge in [0, 0.05) is 12.2 Å². The SMILES string of the molecule is O=C(Nc1ccc(F)cc1)O[C@H]1CN2CCC1CC2. The first kappa shape index (κ1) is 12.4. The van der Waals surface area contributed by atoms with Crippen LogP contribution in [0, 0.1) is 11.7 Å². The average molecular weight is 264 g/mol. The Balaban J connectivity index is 1.55. The second-order valence-electron chi connectivity index (χ2n) is 5.21. The number of piperidine rings is 3. The van der Waals surface area contributed by atoms with Crippen LogP contribution in [0.1, 0.15) is 12.8 Å². The van der Waals surface area contributed by atoms with Gasteiger partial charge in [-0.2, -0.15) is 0 Å². The molecule has 2 bridgehead atoms. The van der Waals surface area contributed by atoms with E-state index in [4.69, 9.17) is 4.74 Å². The van der Waals surface area contributed by atoms with E-state index in [0.29, 0.717) is 11.6 Å². The number of nitrogens with zero attached hydrogens (tertiary/aromatic N) is 1. The molecule has 3 saturated heterocycles. The lowest BCUT2D eigenvalue weighted by Crippen LogP contribution is -2.52. The van der Waals surface area contributed by atoms with Crippen molar-refractivity contribution in [2.45, 2.75) is 18.9 Å². The summed E-state index contributed by atoms with van der Waals surface area (Å²) in [5.41, 5.74) is 0.549. The first-order valence-electron chi connectivity index (χ1n) is 6.66. The number of ether oxygens (including phenoxy) is 1. The van der Waals surface area contributed by atoms with E-state index in [1.165, 1.54) is 24.3 Å². The Morgan fingerprint density at radius 1 is 1.26 bits per heavy atom. The van der Waals surface area contributed by atoms with Crippen molar-refractivity contribution in [2.75, 3.05) is 25.0 Å². The summed E-state index contributed by atoms with van der Waals surface area (Å²) >= 11 is 0. The number of amides is 1. The molecule has 0 aromatic heterocycles. The molecule has 1 aromatic rings. The van der Waals surface area contributed by atoms with Crippen molar-refractivity contribution < 1.29 is 13.9 Å². The molecule has 1 amide bonds. The summed E-state index contributed by atoms with van der Waals surface area (Å²) in [6.45, 7) is 3.07. The minimum atomic E-state index is -0.453. The molecule has 1 N–H and O–H groups in total. The van der Waals surface area contributed by atoms with Gasteiger partial charge in [0.2, 0.25) is 0 Å². The van der Waals surface area contributed by atoms with E-state index < -0.39 is 6.09 Å². The van der Waals surface area contributed by atoms with Gasteiger partial charge in [-0.25, -0.2) is 9.18 Å². The molecule has 3 heterocycles. The van der Waals surface area contributed by atoms with Crippen LogP contribution in [0.4, 0.5) is 14.9 Å². The minimum Gasteiger partial charge on any atom is -0.444 e. The molecule has 1 atom stereocenters. The number of nitrogens with one attached hydrogen (secondary N) is 1. The number of carbonyl (C=O) groups excluding carboxylic acids is 1. The number of hydrogen-bond acceptors (Lipinski definition) is 3. The molecule has 0 saturated carbocycles. The van der Waals surface area contributed by atoms with Crippen molar-refractivity contribution in [3.8, 4) is 0 Å². The first-order valence-corrected chi connectivity index (χ1v) is 6.66. The molecule has 0 unspecified atom stereocenters. The van der Waals surface area contributed by atoms with Gasteiger partial charge >= 0.3 is 6.09 Å². The Bertz CT molecular complexity index is 455. The quantitative estimate of drug-likeness (QED) is 0.892. The van der Waals surface area contributed by atoms with Crippen LogP contribution >= 0.6 is 0 Å². The lowest BCUT2D eigenvalue weighted by molar-refractivity contribution is -0.0289. The third-order valence-corrected chi connectivity index (χ3v) is 3.95. The van der Waals surface area contributed by atoms with Gasteiger partial charge in [-0.3, -0.25) is 10.2 Å². The fourth-order valence-corrected chi connectivity index (χ4v) is 2.86. The minimum absolute atomic E-state index is 0.0112. The molecule has 3 aliphatic heterocycles.